The van der Waals surface area contributed by atoms with E-state index < -0.39 is 0 Å². The molecular weight excluding hydrogens is 426 g/mol. The number of anilines is 3. The molecule has 0 saturated heterocycles. The largest absolute Gasteiger partial charge is 0.495 e. The van der Waals surface area contributed by atoms with E-state index in [0.717, 1.165) is 22.5 Å². The van der Waals surface area contributed by atoms with Crippen LogP contribution in [0.2, 0.25) is 5.02 Å². The number of nitrogens with zero attached hydrogens (tertiary/aromatic N) is 3. The predicted molar refractivity (Wildman–Crippen MR) is 126 cm³/mol. The van der Waals surface area contributed by atoms with Crippen molar-refractivity contribution in [1.82, 2.24) is 15.0 Å². The van der Waals surface area contributed by atoms with Crippen LogP contribution in [0.4, 0.5) is 17.2 Å². The quantitative estimate of drug-likeness (QED) is 0.407. The first-order valence-electron chi connectivity index (χ1n) is 9.79. The van der Waals surface area contributed by atoms with Crippen molar-refractivity contribution >= 4 is 34.7 Å². The molecule has 0 radical (unpaired) electrons. The summed E-state index contributed by atoms with van der Waals surface area (Å²) < 4.78 is 5.31. The number of aryl methyl sites for hydroxylation is 1. The number of hydrogen-bond donors (Lipinski definition) is 2. The summed E-state index contributed by atoms with van der Waals surface area (Å²) in [5.74, 6) is 0.866. The molecule has 4 rings (SSSR count). The van der Waals surface area contributed by atoms with Gasteiger partial charge in [0.2, 0.25) is 0 Å². The van der Waals surface area contributed by atoms with Crippen molar-refractivity contribution in [2.45, 2.75) is 6.92 Å². The minimum absolute atomic E-state index is 0.286. The summed E-state index contributed by atoms with van der Waals surface area (Å²) >= 11 is 6.07. The average Bonchev–Trinajstić information content (AvgIpc) is 2.81. The van der Waals surface area contributed by atoms with Crippen LogP contribution in [0.5, 0.6) is 5.75 Å². The fourth-order valence-corrected chi connectivity index (χ4v) is 3.33. The Kier molecular flexibility index (Phi) is 6.28. The van der Waals surface area contributed by atoms with Crippen molar-refractivity contribution in [3.05, 3.63) is 89.5 Å². The molecule has 0 fully saturated rings. The van der Waals surface area contributed by atoms with Crippen LogP contribution < -0.4 is 15.4 Å². The molecule has 0 aliphatic rings. The van der Waals surface area contributed by atoms with Crippen molar-refractivity contribution in [2.75, 3.05) is 17.7 Å². The van der Waals surface area contributed by atoms with Crippen LogP contribution in [0.3, 0.4) is 0 Å². The molecule has 32 heavy (non-hydrogen) atoms. The minimum Gasteiger partial charge on any atom is -0.495 e. The Hall–Kier alpha value is -3.97. The second-order valence-corrected chi connectivity index (χ2v) is 7.38. The van der Waals surface area contributed by atoms with E-state index in [0.29, 0.717) is 27.8 Å². The van der Waals surface area contributed by atoms with E-state index in [1.807, 2.05) is 31.2 Å². The number of pyridine rings is 1. The summed E-state index contributed by atoms with van der Waals surface area (Å²) in [4.78, 5) is 25.7. The molecule has 1 amide bonds. The van der Waals surface area contributed by atoms with Crippen LogP contribution in [0.1, 0.15) is 15.9 Å². The zero-order chi connectivity index (χ0) is 22.5. The molecule has 0 bridgehead atoms. The number of carbonyl (C=O) groups excluding carboxylic acids is 1. The molecule has 2 heterocycles. The van der Waals surface area contributed by atoms with Gasteiger partial charge in [0, 0.05) is 34.2 Å². The molecule has 2 N–H and O–H groups in total. The van der Waals surface area contributed by atoms with Gasteiger partial charge in [0.05, 0.1) is 18.5 Å². The highest BCUT2D eigenvalue weighted by atomic mass is 35.5. The maximum atomic E-state index is 12.9. The van der Waals surface area contributed by atoms with Crippen molar-refractivity contribution in [1.29, 1.82) is 0 Å². The second kappa shape index (κ2) is 9.45. The van der Waals surface area contributed by atoms with E-state index in [-0.39, 0.29) is 5.91 Å². The fourth-order valence-electron chi connectivity index (χ4n) is 3.16. The Bertz CT molecular complexity index is 1260. The molecule has 0 aliphatic heterocycles. The third kappa shape index (κ3) is 4.68. The lowest BCUT2D eigenvalue weighted by Gasteiger charge is -2.14. The third-order valence-electron chi connectivity index (χ3n) is 4.83. The van der Waals surface area contributed by atoms with Gasteiger partial charge in [0.1, 0.15) is 17.9 Å². The SMILES string of the molecule is COc1ccc(Cl)cc1NC(=O)c1ccc(C)c(Nc2ncccc2-c2ccncn2)c1. The van der Waals surface area contributed by atoms with Gasteiger partial charge in [0.25, 0.3) is 5.91 Å². The molecule has 160 valence electrons. The third-order valence-corrected chi connectivity index (χ3v) is 5.06. The monoisotopic (exact) mass is 445 g/mol. The molecule has 7 nitrogen and oxygen atoms in total. The molecule has 0 unspecified atom stereocenters. The smallest absolute Gasteiger partial charge is 0.255 e. The highest BCUT2D eigenvalue weighted by molar-refractivity contribution is 6.31. The highest BCUT2D eigenvalue weighted by Gasteiger charge is 2.14. The van der Waals surface area contributed by atoms with E-state index in [2.05, 4.69) is 25.6 Å². The van der Waals surface area contributed by atoms with Crippen LogP contribution >= 0.6 is 11.6 Å². The van der Waals surface area contributed by atoms with Crippen LogP contribution in [-0.2, 0) is 0 Å². The van der Waals surface area contributed by atoms with Gasteiger partial charge in [-0.25, -0.2) is 15.0 Å². The van der Waals surface area contributed by atoms with Crippen molar-refractivity contribution in [3.63, 3.8) is 0 Å². The first-order chi connectivity index (χ1) is 15.5. The number of halogens is 1. The number of methoxy groups -OCH3 is 1. The van der Waals surface area contributed by atoms with Gasteiger partial charge < -0.3 is 15.4 Å². The maximum Gasteiger partial charge on any atom is 0.255 e. The number of amides is 1. The lowest BCUT2D eigenvalue weighted by atomic mass is 10.1. The lowest BCUT2D eigenvalue weighted by molar-refractivity contribution is 0.102. The van der Waals surface area contributed by atoms with Gasteiger partial charge in [-0.15, -0.1) is 0 Å². The number of rotatable bonds is 6. The van der Waals surface area contributed by atoms with Crippen LogP contribution in [0, 0.1) is 6.92 Å². The number of nitrogens with one attached hydrogen (secondary N) is 2. The second-order valence-electron chi connectivity index (χ2n) is 6.95. The van der Waals surface area contributed by atoms with E-state index in [1.165, 1.54) is 13.4 Å². The summed E-state index contributed by atoms with van der Waals surface area (Å²) in [5, 5.41) is 6.69. The molecule has 0 aliphatic carbocycles. The number of ether oxygens (including phenoxy) is 1. The normalized spacial score (nSPS) is 10.5. The number of hydrogen-bond acceptors (Lipinski definition) is 6. The molecular formula is C24H20ClN5O2. The van der Waals surface area contributed by atoms with Gasteiger partial charge >= 0.3 is 0 Å². The van der Waals surface area contributed by atoms with Gasteiger partial charge in [-0.1, -0.05) is 17.7 Å². The van der Waals surface area contributed by atoms with E-state index in [4.69, 9.17) is 16.3 Å². The number of carbonyl (C=O) groups is 1. The molecule has 0 atom stereocenters. The van der Waals surface area contributed by atoms with Crippen LogP contribution in [0.25, 0.3) is 11.3 Å². The number of benzene rings is 2. The first kappa shape index (κ1) is 21.3. The Balaban J connectivity index is 1.62. The van der Waals surface area contributed by atoms with Crippen LogP contribution in [0.15, 0.2) is 73.3 Å². The molecule has 2 aromatic heterocycles. The summed E-state index contributed by atoms with van der Waals surface area (Å²) in [6, 6.07) is 16.1. The lowest BCUT2D eigenvalue weighted by Crippen LogP contribution is -2.13. The van der Waals surface area contributed by atoms with E-state index >= 15 is 0 Å². The Morgan fingerprint density at radius 1 is 1.00 bits per heavy atom. The van der Waals surface area contributed by atoms with E-state index in [1.54, 1.807) is 42.7 Å². The fraction of sp³-hybridized carbons (Fsp3) is 0.0833. The molecule has 0 spiro atoms. The molecule has 2 aromatic carbocycles. The summed E-state index contributed by atoms with van der Waals surface area (Å²) in [6.45, 7) is 1.96. The number of aromatic nitrogens is 3. The van der Waals surface area contributed by atoms with Crippen molar-refractivity contribution in [3.8, 4) is 17.0 Å². The average molecular weight is 446 g/mol. The first-order valence-corrected chi connectivity index (χ1v) is 10.2. The summed E-state index contributed by atoms with van der Waals surface area (Å²) in [5.41, 5.74) is 4.25. The van der Waals surface area contributed by atoms with Crippen molar-refractivity contribution < 1.29 is 9.53 Å². The van der Waals surface area contributed by atoms with Gasteiger partial charge in [-0.3, -0.25) is 4.79 Å². The molecule has 4 aromatic rings. The summed E-state index contributed by atoms with van der Waals surface area (Å²) in [6.07, 6.45) is 4.87. The summed E-state index contributed by atoms with van der Waals surface area (Å²) in [7, 11) is 1.54. The maximum absolute atomic E-state index is 12.9. The zero-order valence-corrected chi connectivity index (χ0v) is 18.2. The van der Waals surface area contributed by atoms with E-state index in [9.17, 15) is 4.79 Å². The van der Waals surface area contributed by atoms with Gasteiger partial charge in [-0.2, -0.15) is 0 Å². The topological polar surface area (TPSA) is 89.0 Å². The Morgan fingerprint density at radius 3 is 2.66 bits per heavy atom. The van der Waals surface area contributed by atoms with Crippen molar-refractivity contribution in [2.24, 2.45) is 0 Å². The zero-order valence-electron chi connectivity index (χ0n) is 17.5. The van der Waals surface area contributed by atoms with Gasteiger partial charge in [0.15, 0.2) is 0 Å². The standard InChI is InChI=1S/C24H20ClN5O2/c1-15-5-6-16(24(31)30-21-13-17(25)7-8-22(21)32-2)12-20(15)29-23-18(4-3-10-27-23)19-9-11-26-14-28-19/h3-14H,1-2H3,(H,27,29)(H,30,31). The van der Waals surface area contributed by atoms with Crippen LogP contribution in [-0.4, -0.2) is 28.0 Å². The Labute approximate surface area is 190 Å². The minimum atomic E-state index is -0.286. The van der Waals surface area contributed by atoms with Gasteiger partial charge in [-0.05, 0) is 61.0 Å². The predicted octanol–water partition coefficient (Wildman–Crippen LogP) is 5.50. The highest BCUT2D eigenvalue weighted by Crippen LogP contribution is 2.30. The molecule has 8 heteroatoms. The Morgan fingerprint density at radius 2 is 1.88 bits per heavy atom. The molecule has 0 saturated carbocycles.